The molecule has 1 aliphatic heterocycles. The van der Waals surface area contributed by atoms with Crippen molar-refractivity contribution in [2.45, 2.75) is 51.6 Å². The summed E-state index contributed by atoms with van der Waals surface area (Å²) in [6.07, 6.45) is 1.48. The number of likely N-dealkylation sites (N-methyl/N-ethyl adjacent to an activating group) is 1. The molecule has 1 saturated heterocycles. The topological polar surface area (TPSA) is 108 Å². The minimum atomic E-state index is -0.517. The molecule has 0 saturated carbocycles. The second-order valence-electron chi connectivity index (χ2n) is 9.08. The number of para-hydroxylation sites is 1. The van der Waals surface area contributed by atoms with Crippen LogP contribution in [0.5, 0.6) is 0 Å². The second kappa shape index (κ2) is 12.2. The number of esters is 1. The number of aryl methyl sites for hydroxylation is 1. The van der Waals surface area contributed by atoms with Gasteiger partial charge in [0.2, 0.25) is 11.8 Å². The van der Waals surface area contributed by atoms with Crippen LogP contribution < -0.4 is 10.6 Å². The van der Waals surface area contributed by atoms with E-state index in [9.17, 15) is 19.2 Å². The third kappa shape index (κ3) is 6.84. The maximum absolute atomic E-state index is 12.9. The van der Waals surface area contributed by atoms with E-state index in [-0.39, 0.29) is 42.7 Å². The standard InChI is InChI=1S/C27H34N4O5/c1-18-8-5-6-9-22(18)29-27(35)28-21-13-11-20(12-14-21)17-24(32)30(3)23-16-19(2)31(26(23)34)15-7-10-25(33)36-4/h5-6,8-9,11-14,19,23H,7,10,15-17H2,1-4H3,(H2,28,29,35)/t19?,23-/m0/s1. The Balaban J connectivity index is 1.51. The molecular formula is C27H34N4O5. The third-order valence-corrected chi connectivity index (χ3v) is 6.49. The highest BCUT2D eigenvalue weighted by atomic mass is 16.5. The van der Waals surface area contributed by atoms with Crippen LogP contribution in [0, 0.1) is 6.92 Å². The van der Waals surface area contributed by atoms with Gasteiger partial charge in [-0.3, -0.25) is 14.4 Å². The molecule has 36 heavy (non-hydrogen) atoms. The van der Waals surface area contributed by atoms with E-state index < -0.39 is 6.04 Å². The van der Waals surface area contributed by atoms with E-state index in [0.717, 1.165) is 16.8 Å². The van der Waals surface area contributed by atoms with Gasteiger partial charge in [0.05, 0.1) is 13.5 Å². The van der Waals surface area contributed by atoms with Crippen molar-refractivity contribution in [1.29, 1.82) is 0 Å². The molecule has 1 aliphatic rings. The normalized spacial score (nSPS) is 17.0. The van der Waals surface area contributed by atoms with Crippen molar-refractivity contribution in [2.24, 2.45) is 0 Å². The molecule has 1 unspecified atom stereocenters. The van der Waals surface area contributed by atoms with Crippen molar-refractivity contribution in [3.63, 3.8) is 0 Å². The van der Waals surface area contributed by atoms with Crippen LogP contribution in [0.15, 0.2) is 48.5 Å². The Bertz CT molecular complexity index is 1100. The van der Waals surface area contributed by atoms with Gasteiger partial charge in [0.15, 0.2) is 0 Å². The van der Waals surface area contributed by atoms with Gasteiger partial charge in [-0.25, -0.2) is 4.79 Å². The molecule has 1 fully saturated rings. The van der Waals surface area contributed by atoms with E-state index >= 15 is 0 Å². The lowest BCUT2D eigenvalue weighted by Crippen LogP contribution is -2.44. The molecule has 1 heterocycles. The van der Waals surface area contributed by atoms with Crippen molar-refractivity contribution >= 4 is 35.2 Å². The Hall–Kier alpha value is -3.88. The maximum atomic E-state index is 12.9. The number of likely N-dealkylation sites (tertiary alicyclic amines) is 1. The van der Waals surface area contributed by atoms with E-state index in [1.54, 1.807) is 36.2 Å². The smallest absolute Gasteiger partial charge is 0.323 e. The molecule has 2 aromatic carbocycles. The molecule has 9 heteroatoms. The summed E-state index contributed by atoms with van der Waals surface area (Å²) >= 11 is 0. The van der Waals surface area contributed by atoms with Crippen molar-refractivity contribution < 1.29 is 23.9 Å². The van der Waals surface area contributed by atoms with Gasteiger partial charge < -0.3 is 25.2 Å². The van der Waals surface area contributed by atoms with Gasteiger partial charge in [-0.1, -0.05) is 30.3 Å². The Morgan fingerprint density at radius 2 is 1.78 bits per heavy atom. The Morgan fingerprint density at radius 1 is 1.08 bits per heavy atom. The summed E-state index contributed by atoms with van der Waals surface area (Å²) in [7, 11) is 3.00. The van der Waals surface area contributed by atoms with Crippen LogP contribution in [-0.4, -0.2) is 66.4 Å². The first-order chi connectivity index (χ1) is 17.2. The number of hydrogen-bond acceptors (Lipinski definition) is 5. The number of anilines is 2. The van der Waals surface area contributed by atoms with Crippen molar-refractivity contribution in [1.82, 2.24) is 9.80 Å². The Kier molecular flexibility index (Phi) is 9.05. The highest BCUT2D eigenvalue weighted by Crippen LogP contribution is 2.24. The zero-order valence-corrected chi connectivity index (χ0v) is 21.2. The molecule has 0 aromatic heterocycles. The predicted molar refractivity (Wildman–Crippen MR) is 138 cm³/mol. The van der Waals surface area contributed by atoms with Gasteiger partial charge in [-0.05, 0) is 56.0 Å². The molecular weight excluding hydrogens is 460 g/mol. The third-order valence-electron chi connectivity index (χ3n) is 6.49. The molecule has 2 atom stereocenters. The summed E-state index contributed by atoms with van der Waals surface area (Å²) < 4.78 is 4.65. The fourth-order valence-electron chi connectivity index (χ4n) is 4.29. The van der Waals surface area contributed by atoms with Gasteiger partial charge in [0.1, 0.15) is 6.04 Å². The van der Waals surface area contributed by atoms with E-state index in [4.69, 9.17) is 0 Å². The number of methoxy groups -OCH3 is 1. The fourth-order valence-corrected chi connectivity index (χ4v) is 4.29. The number of carbonyl (C=O) groups excluding carboxylic acids is 4. The van der Waals surface area contributed by atoms with Crippen LogP contribution in [0.4, 0.5) is 16.2 Å². The predicted octanol–water partition coefficient (Wildman–Crippen LogP) is 3.58. The van der Waals surface area contributed by atoms with Gasteiger partial charge in [-0.2, -0.15) is 0 Å². The first kappa shape index (κ1) is 26.7. The molecule has 2 aromatic rings. The summed E-state index contributed by atoms with van der Waals surface area (Å²) in [4.78, 5) is 52.7. The SMILES string of the molecule is COC(=O)CCCN1C(=O)[C@@H](N(C)C(=O)Cc2ccc(NC(=O)Nc3ccccc3C)cc2)CC1C. The first-order valence-corrected chi connectivity index (χ1v) is 12.0. The minimum Gasteiger partial charge on any atom is -0.469 e. The number of nitrogens with zero attached hydrogens (tertiary/aromatic N) is 2. The summed E-state index contributed by atoms with van der Waals surface area (Å²) in [5.74, 6) is -0.552. The van der Waals surface area contributed by atoms with E-state index in [2.05, 4.69) is 15.4 Å². The summed E-state index contributed by atoms with van der Waals surface area (Å²) in [6.45, 7) is 4.33. The number of ether oxygens (including phenoxy) is 1. The van der Waals surface area contributed by atoms with Crippen molar-refractivity contribution in [3.05, 3.63) is 59.7 Å². The Morgan fingerprint density at radius 3 is 2.44 bits per heavy atom. The van der Waals surface area contributed by atoms with E-state index in [1.807, 2.05) is 38.1 Å². The molecule has 9 nitrogen and oxygen atoms in total. The average Bonchev–Trinajstić information content (AvgIpc) is 3.14. The lowest BCUT2D eigenvalue weighted by atomic mass is 10.1. The van der Waals surface area contributed by atoms with E-state index in [0.29, 0.717) is 25.1 Å². The van der Waals surface area contributed by atoms with Gasteiger partial charge in [0.25, 0.3) is 0 Å². The van der Waals surface area contributed by atoms with Crippen LogP contribution in [0.2, 0.25) is 0 Å². The fraction of sp³-hybridized carbons (Fsp3) is 0.407. The number of hydrogen-bond donors (Lipinski definition) is 2. The number of benzene rings is 2. The zero-order valence-electron chi connectivity index (χ0n) is 21.2. The lowest BCUT2D eigenvalue weighted by molar-refractivity contribution is -0.142. The molecule has 192 valence electrons. The van der Waals surface area contributed by atoms with Crippen LogP contribution in [0.1, 0.15) is 37.3 Å². The van der Waals surface area contributed by atoms with Gasteiger partial charge in [0, 0.05) is 37.4 Å². The largest absolute Gasteiger partial charge is 0.469 e. The van der Waals surface area contributed by atoms with Crippen LogP contribution in [-0.2, 0) is 25.5 Å². The number of urea groups is 1. The summed E-state index contributed by atoms with van der Waals surface area (Å²) in [5, 5.41) is 5.60. The number of amides is 4. The molecule has 0 aliphatic carbocycles. The van der Waals surface area contributed by atoms with E-state index in [1.165, 1.54) is 12.0 Å². The maximum Gasteiger partial charge on any atom is 0.323 e. The Labute approximate surface area is 211 Å². The minimum absolute atomic E-state index is 0.00780. The monoisotopic (exact) mass is 494 g/mol. The molecule has 3 rings (SSSR count). The van der Waals surface area contributed by atoms with Gasteiger partial charge >= 0.3 is 12.0 Å². The second-order valence-corrected chi connectivity index (χ2v) is 9.08. The average molecular weight is 495 g/mol. The van der Waals surface area contributed by atoms with Gasteiger partial charge in [-0.15, -0.1) is 0 Å². The molecule has 0 radical (unpaired) electrons. The number of carbonyl (C=O) groups is 4. The van der Waals surface area contributed by atoms with Crippen molar-refractivity contribution in [3.8, 4) is 0 Å². The number of rotatable bonds is 9. The quantitative estimate of drug-likeness (QED) is 0.518. The van der Waals surface area contributed by atoms with Crippen LogP contribution in [0.25, 0.3) is 0 Å². The molecule has 4 amide bonds. The highest BCUT2D eigenvalue weighted by molar-refractivity contribution is 6.00. The van der Waals surface area contributed by atoms with Crippen LogP contribution in [0.3, 0.4) is 0 Å². The lowest BCUT2D eigenvalue weighted by Gasteiger charge is -2.24. The van der Waals surface area contributed by atoms with Crippen LogP contribution >= 0.6 is 0 Å². The highest BCUT2D eigenvalue weighted by Gasteiger charge is 2.40. The molecule has 0 spiro atoms. The summed E-state index contributed by atoms with van der Waals surface area (Å²) in [6, 6.07) is 13.7. The molecule has 0 bridgehead atoms. The number of nitrogens with one attached hydrogen (secondary N) is 2. The van der Waals surface area contributed by atoms with Crippen molar-refractivity contribution in [2.75, 3.05) is 31.3 Å². The summed E-state index contributed by atoms with van der Waals surface area (Å²) in [5.41, 5.74) is 3.08. The first-order valence-electron chi connectivity index (χ1n) is 12.0. The molecule has 2 N–H and O–H groups in total. The zero-order chi connectivity index (χ0) is 26.2.